The number of carbonyl (C=O) groups excluding carboxylic acids is 1. The summed E-state index contributed by atoms with van der Waals surface area (Å²) in [5.41, 5.74) is 1.20. The molecule has 1 fully saturated rings. The first-order valence-electron chi connectivity index (χ1n) is 6.92. The summed E-state index contributed by atoms with van der Waals surface area (Å²) >= 11 is 1.65. The lowest BCUT2D eigenvalue weighted by atomic mass is 10.1. The van der Waals surface area contributed by atoms with Crippen LogP contribution in [0.1, 0.15) is 29.7 Å². The van der Waals surface area contributed by atoms with Crippen LogP contribution in [0, 0.1) is 6.92 Å². The Morgan fingerprint density at radius 2 is 2.48 bits per heavy atom. The Bertz CT molecular complexity index is 596. The van der Waals surface area contributed by atoms with E-state index in [1.165, 1.54) is 5.56 Å². The van der Waals surface area contributed by atoms with Gasteiger partial charge in [-0.25, -0.2) is 0 Å². The van der Waals surface area contributed by atoms with E-state index in [-0.39, 0.29) is 11.9 Å². The predicted octanol–water partition coefficient (Wildman–Crippen LogP) is 1.97. The molecule has 0 bridgehead atoms. The molecule has 2 aromatic heterocycles. The Balaban J connectivity index is 1.67. The largest absolute Gasteiger partial charge is 0.377 e. The third-order valence-corrected chi connectivity index (χ3v) is 4.22. The van der Waals surface area contributed by atoms with E-state index in [0.29, 0.717) is 37.9 Å². The number of aryl methyl sites for hydroxylation is 2. The number of hydrogen-bond acceptors (Lipinski definition) is 6. The van der Waals surface area contributed by atoms with E-state index in [1.807, 2.05) is 5.38 Å². The summed E-state index contributed by atoms with van der Waals surface area (Å²) in [5.74, 6) is 1.13. The summed E-state index contributed by atoms with van der Waals surface area (Å²) < 4.78 is 10.7. The summed E-state index contributed by atoms with van der Waals surface area (Å²) in [6, 6.07) is 1.78. The molecule has 0 aromatic carbocycles. The summed E-state index contributed by atoms with van der Waals surface area (Å²) in [7, 11) is 0. The van der Waals surface area contributed by atoms with Gasteiger partial charge in [-0.15, -0.1) is 0 Å². The monoisotopic (exact) mass is 307 g/mol. The standard InChI is InChI=1S/C14H17N3O3S/c1-10-15-14(20-16-10)12-8-19-6-5-17(12)13(18)3-2-11-4-7-21-9-11/h4,7,9,12H,2-3,5-6,8H2,1H3. The van der Waals surface area contributed by atoms with E-state index >= 15 is 0 Å². The number of rotatable bonds is 4. The highest BCUT2D eigenvalue weighted by Crippen LogP contribution is 2.24. The van der Waals surface area contributed by atoms with Gasteiger partial charge in [-0.1, -0.05) is 5.16 Å². The van der Waals surface area contributed by atoms with Gasteiger partial charge in [0.15, 0.2) is 5.82 Å². The molecule has 3 rings (SSSR count). The van der Waals surface area contributed by atoms with Crippen LogP contribution >= 0.6 is 11.3 Å². The van der Waals surface area contributed by atoms with Gasteiger partial charge in [0.1, 0.15) is 6.04 Å². The second-order valence-electron chi connectivity index (χ2n) is 4.99. The maximum atomic E-state index is 12.5. The van der Waals surface area contributed by atoms with Gasteiger partial charge in [0.2, 0.25) is 5.91 Å². The first kappa shape index (κ1) is 14.2. The Labute approximate surface area is 126 Å². The highest BCUT2D eigenvalue weighted by molar-refractivity contribution is 7.07. The van der Waals surface area contributed by atoms with Crippen LogP contribution in [0.25, 0.3) is 0 Å². The van der Waals surface area contributed by atoms with Crippen molar-refractivity contribution in [2.45, 2.75) is 25.8 Å². The van der Waals surface area contributed by atoms with Crippen LogP contribution in [-0.4, -0.2) is 40.7 Å². The van der Waals surface area contributed by atoms with E-state index in [1.54, 1.807) is 23.2 Å². The molecule has 1 aliphatic heterocycles. The molecule has 6 nitrogen and oxygen atoms in total. The number of nitrogens with zero attached hydrogens (tertiary/aromatic N) is 3. The summed E-state index contributed by atoms with van der Waals surface area (Å²) in [6.45, 7) is 3.29. The normalized spacial score (nSPS) is 18.9. The number of amides is 1. The van der Waals surface area contributed by atoms with Crippen LogP contribution in [-0.2, 0) is 16.0 Å². The molecular weight excluding hydrogens is 290 g/mol. The molecule has 112 valence electrons. The van der Waals surface area contributed by atoms with Crippen LogP contribution in [0.3, 0.4) is 0 Å². The fourth-order valence-corrected chi connectivity index (χ4v) is 3.09. The summed E-state index contributed by atoms with van der Waals surface area (Å²) in [6.07, 6.45) is 1.25. The topological polar surface area (TPSA) is 68.5 Å². The number of aromatic nitrogens is 2. The van der Waals surface area contributed by atoms with Crippen molar-refractivity contribution in [1.82, 2.24) is 15.0 Å². The minimum atomic E-state index is -0.269. The summed E-state index contributed by atoms with van der Waals surface area (Å²) in [4.78, 5) is 18.5. The molecule has 1 atom stereocenters. The van der Waals surface area contributed by atoms with Gasteiger partial charge in [0.25, 0.3) is 5.89 Å². The Morgan fingerprint density at radius 3 is 3.19 bits per heavy atom. The quantitative estimate of drug-likeness (QED) is 0.864. The minimum Gasteiger partial charge on any atom is -0.377 e. The molecule has 7 heteroatoms. The number of morpholine rings is 1. The zero-order chi connectivity index (χ0) is 14.7. The van der Waals surface area contributed by atoms with E-state index < -0.39 is 0 Å². The average molecular weight is 307 g/mol. The van der Waals surface area contributed by atoms with Crippen molar-refractivity contribution in [1.29, 1.82) is 0 Å². The second-order valence-corrected chi connectivity index (χ2v) is 5.77. The van der Waals surface area contributed by atoms with Gasteiger partial charge in [-0.3, -0.25) is 4.79 Å². The lowest BCUT2D eigenvalue weighted by molar-refractivity contribution is -0.141. The molecule has 0 saturated carbocycles. The van der Waals surface area contributed by atoms with Gasteiger partial charge < -0.3 is 14.2 Å². The molecule has 1 saturated heterocycles. The third kappa shape index (κ3) is 3.30. The molecule has 0 aliphatic carbocycles. The first-order chi connectivity index (χ1) is 10.2. The van der Waals surface area contributed by atoms with Gasteiger partial charge in [0.05, 0.1) is 13.2 Å². The van der Waals surface area contributed by atoms with Gasteiger partial charge in [-0.2, -0.15) is 16.3 Å². The van der Waals surface area contributed by atoms with Crippen molar-refractivity contribution >= 4 is 17.2 Å². The maximum absolute atomic E-state index is 12.5. The van der Waals surface area contributed by atoms with Crippen LogP contribution < -0.4 is 0 Å². The Morgan fingerprint density at radius 1 is 1.57 bits per heavy atom. The van der Waals surface area contributed by atoms with Crippen LogP contribution in [0.4, 0.5) is 0 Å². The zero-order valence-electron chi connectivity index (χ0n) is 11.8. The molecule has 1 unspecified atom stereocenters. The highest BCUT2D eigenvalue weighted by atomic mass is 32.1. The van der Waals surface area contributed by atoms with Gasteiger partial charge in [-0.05, 0) is 35.7 Å². The first-order valence-corrected chi connectivity index (χ1v) is 7.87. The van der Waals surface area contributed by atoms with Gasteiger partial charge >= 0.3 is 0 Å². The van der Waals surface area contributed by atoms with Crippen molar-refractivity contribution in [3.8, 4) is 0 Å². The third-order valence-electron chi connectivity index (χ3n) is 3.48. The van der Waals surface area contributed by atoms with Gasteiger partial charge in [0, 0.05) is 13.0 Å². The van der Waals surface area contributed by atoms with E-state index in [2.05, 4.69) is 21.6 Å². The van der Waals surface area contributed by atoms with Crippen molar-refractivity contribution < 1.29 is 14.1 Å². The van der Waals surface area contributed by atoms with E-state index in [0.717, 1.165) is 6.42 Å². The van der Waals surface area contributed by atoms with E-state index in [4.69, 9.17) is 9.26 Å². The molecule has 1 amide bonds. The molecule has 3 heterocycles. The Kier molecular flexibility index (Phi) is 4.31. The molecule has 21 heavy (non-hydrogen) atoms. The van der Waals surface area contributed by atoms with Crippen LogP contribution in [0.2, 0.25) is 0 Å². The van der Waals surface area contributed by atoms with Crippen molar-refractivity contribution in [3.05, 3.63) is 34.1 Å². The molecule has 0 spiro atoms. The number of thiophene rings is 1. The molecule has 1 aliphatic rings. The molecular formula is C14H17N3O3S. The van der Waals surface area contributed by atoms with Crippen molar-refractivity contribution in [2.24, 2.45) is 0 Å². The fourth-order valence-electron chi connectivity index (χ4n) is 2.39. The number of hydrogen-bond donors (Lipinski definition) is 0. The minimum absolute atomic E-state index is 0.102. The molecule has 2 aromatic rings. The van der Waals surface area contributed by atoms with Crippen molar-refractivity contribution in [2.75, 3.05) is 19.8 Å². The lowest BCUT2D eigenvalue weighted by Crippen LogP contribution is -2.43. The summed E-state index contributed by atoms with van der Waals surface area (Å²) in [5, 5.41) is 7.90. The predicted molar refractivity (Wildman–Crippen MR) is 76.9 cm³/mol. The number of carbonyl (C=O) groups is 1. The molecule has 0 N–H and O–H groups in total. The van der Waals surface area contributed by atoms with Crippen LogP contribution in [0.15, 0.2) is 21.3 Å². The van der Waals surface area contributed by atoms with Crippen molar-refractivity contribution in [3.63, 3.8) is 0 Å². The lowest BCUT2D eigenvalue weighted by Gasteiger charge is -2.33. The second kappa shape index (κ2) is 6.36. The SMILES string of the molecule is Cc1noc(C2COCCN2C(=O)CCc2ccsc2)n1. The molecule has 0 radical (unpaired) electrons. The Hall–Kier alpha value is -1.73. The van der Waals surface area contributed by atoms with Crippen LogP contribution in [0.5, 0.6) is 0 Å². The highest BCUT2D eigenvalue weighted by Gasteiger charge is 2.32. The van der Waals surface area contributed by atoms with E-state index in [9.17, 15) is 4.79 Å². The fraction of sp³-hybridized carbons (Fsp3) is 0.500. The smallest absolute Gasteiger partial charge is 0.251 e. The number of ether oxygens (including phenoxy) is 1. The maximum Gasteiger partial charge on any atom is 0.251 e. The average Bonchev–Trinajstić information content (AvgIpc) is 3.16. The zero-order valence-corrected chi connectivity index (χ0v) is 12.6.